The number of aromatic nitrogens is 1. The van der Waals surface area contributed by atoms with E-state index in [-0.39, 0.29) is 30.8 Å². The molecule has 6 heteroatoms. The molecule has 0 N–H and O–H groups in total. The molecule has 2 heterocycles. The number of carbonyl (C=O) groups excluding carboxylic acids is 2. The normalized spacial score (nSPS) is 14.9. The lowest BCUT2D eigenvalue weighted by molar-refractivity contribution is -0.152. The quantitative estimate of drug-likeness (QED) is 0.620. The summed E-state index contributed by atoms with van der Waals surface area (Å²) in [6, 6.07) is 15.4. The van der Waals surface area contributed by atoms with Crippen molar-refractivity contribution in [2.75, 3.05) is 19.7 Å². The molecule has 0 saturated carbocycles. The summed E-state index contributed by atoms with van der Waals surface area (Å²) in [5.41, 5.74) is 3.67. The molecule has 29 heavy (non-hydrogen) atoms. The minimum Gasteiger partial charge on any atom is -0.455 e. The van der Waals surface area contributed by atoms with Crippen LogP contribution in [0.1, 0.15) is 35.8 Å². The summed E-state index contributed by atoms with van der Waals surface area (Å²) in [7, 11) is 0. The number of oxazole rings is 1. The van der Waals surface area contributed by atoms with Crippen LogP contribution in [0.2, 0.25) is 0 Å². The zero-order chi connectivity index (χ0) is 20.2. The molecule has 0 spiro atoms. The van der Waals surface area contributed by atoms with Crippen LogP contribution in [0.3, 0.4) is 0 Å². The van der Waals surface area contributed by atoms with E-state index in [9.17, 15) is 9.59 Å². The Balaban J connectivity index is 1.24. The van der Waals surface area contributed by atoms with Gasteiger partial charge in [0.1, 0.15) is 5.52 Å². The predicted molar refractivity (Wildman–Crippen MR) is 108 cm³/mol. The van der Waals surface area contributed by atoms with Crippen molar-refractivity contribution < 1.29 is 18.7 Å². The topological polar surface area (TPSA) is 72.6 Å². The van der Waals surface area contributed by atoms with Gasteiger partial charge in [0, 0.05) is 19.0 Å². The number of aryl methyl sites for hydroxylation is 1. The van der Waals surface area contributed by atoms with Gasteiger partial charge in [-0.1, -0.05) is 42.0 Å². The zero-order valence-corrected chi connectivity index (χ0v) is 16.5. The summed E-state index contributed by atoms with van der Waals surface area (Å²) >= 11 is 0. The summed E-state index contributed by atoms with van der Waals surface area (Å²) in [6.07, 6.45) is 1.75. The van der Waals surface area contributed by atoms with Crippen LogP contribution in [0.4, 0.5) is 0 Å². The van der Waals surface area contributed by atoms with Crippen molar-refractivity contribution in [3.63, 3.8) is 0 Å². The van der Waals surface area contributed by atoms with Gasteiger partial charge >= 0.3 is 5.97 Å². The van der Waals surface area contributed by atoms with E-state index in [0.717, 1.165) is 41.0 Å². The molecule has 0 unspecified atom stereocenters. The van der Waals surface area contributed by atoms with Crippen LogP contribution in [0.5, 0.6) is 0 Å². The number of fused-ring (bicyclic) bond motifs is 1. The lowest BCUT2D eigenvalue weighted by Gasteiger charge is -2.30. The molecular weight excluding hydrogens is 368 g/mol. The first-order valence-electron chi connectivity index (χ1n) is 9.93. The maximum absolute atomic E-state index is 12.4. The number of hydrogen-bond donors (Lipinski definition) is 0. The van der Waals surface area contributed by atoms with E-state index in [0.29, 0.717) is 13.1 Å². The number of carbonyl (C=O) groups is 2. The Hall–Kier alpha value is -3.15. The van der Waals surface area contributed by atoms with Gasteiger partial charge in [-0.05, 0) is 37.5 Å². The van der Waals surface area contributed by atoms with E-state index in [1.165, 1.54) is 0 Å². The number of ether oxygens (including phenoxy) is 1. The molecule has 0 radical (unpaired) electrons. The first-order chi connectivity index (χ1) is 14.1. The number of amides is 1. The zero-order valence-electron chi connectivity index (χ0n) is 16.5. The van der Waals surface area contributed by atoms with E-state index in [1.807, 2.05) is 55.5 Å². The molecule has 4 rings (SSSR count). The van der Waals surface area contributed by atoms with Gasteiger partial charge in [0.25, 0.3) is 5.91 Å². The molecule has 0 aliphatic carbocycles. The van der Waals surface area contributed by atoms with Gasteiger partial charge in [-0.15, -0.1) is 0 Å². The molecule has 1 aromatic heterocycles. The number of rotatable bonds is 5. The standard InChI is InChI=1S/C23H24N2O4/c1-16-6-8-17(9-7-16)14-22(27)28-15-21(26)25-12-10-18(11-13-25)23-24-19-4-2-3-5-20(19)29-23/h2-9,18H,10-15H2,1H3. The van der Waals surface area contributed by atoms with Crippen molar-refractivity contribution in [1.82, 2.24) is 9.88 Å². The van der Waals surface area contributed by atoms with E-state index >= 15 is 0 Å². The van der Waals surface area contributed by atoms with E-state index in [2.05, 4.69) is 4.98 Å². The molecular formula is C23H24N2O4. The van der Waals surface area contributed by atoms with E-state index in [1.54, 1.807) is 4.90 Å². The summed E-state index contributed by atoms with van der Waals surface area (Å²) in [5, 5.41) is 0. The van der Waals surface area contributed by atoms with Crippen molar-refractivity contribution in [1.29, 1.82) is 0 Å². The summed E-state index contributed by atoms with van der Waals surface area (Å²) in [5.74, 6) is 0.403. The second-order valence-electron chi connectivity index (χ2n) is 7.50. The van der Waals surface area contributed by atoms with Crippen LogP contribution >= 0.6 is 0 Å². The van der Waals surface area contributed by atoms with Gasteiger partial charge in [-0.25, -0.2) is 4.98 Å². The van der Waals surface area contributed by atoms with Gasteiger partial charge in [-0.3, -0.25) is 9.59 Å². The molecule has 150 valence electrons. The fraction of sp³-hybridized carbons (Fsp3) is 0.348. The highest BCUT2D eigenvalue weighted by molar-refractivity contribution is 5.81. The first-order valence-corrected chi connectivity index (χ1v) is 9.93. The third kappa shape index (κ3) is 4.65. The van der Waals surface area contributed by atoms with Gasteiger partial charge in [0.05, 0.1) is 6.42 Å². The van der Waals surface area contributed by atoms with Gasteiger partial charge in [-0.2, -0.15) is 0 Å². The van der Waals surface area contributed by atoms with Crippen LogP contribution in [0.25, 0.3) is 11.1 Å². The van der Waals surface area contributed by atoms with Gasteiger partial charge in [0.15, 0.2) is 18.1 Å². The Kier molecular flexibility index (Phi) is 5.60. The lowest BCUT2D eigenvalue weighted by Crippen LogP contribution is -2.40. The van der Waals surface area contributed by atoms with Gasteiger partial charge < -0.3 is 14.1 Å². The smallest absolute Gasteiger partial charge is 0.310 e. The van der Waals surface area contributed by atoms with Crippen LogP contribution in [-0.4, -0.2) is 41.5 Å². The maximum atomic E-state index is 12.4. The molecule has 1 aliphatic rings. The summed E-state index contributed by atoms with van der Waals surface area (Å²) < 4.78 is 11.0. The highest BCUT2D eigenvalue weighted by Crippen LogP contribution is 2.29. The van der Waals surface area contributed by atoms with Crippen molar-refractivity contribution in [3.8, 4) is 0 Å². The highest BCUT2D eigenvalue weighted by Gasteiger charge is 2.27. The van der Waals surface area contributed by atoms with E-state index < -0.39 is 0 Å². The number of likely N-dealkylation sites (tertiary alicyclic amines) is 1. The minimum atomic E-state index is -0.386. The fourth-order valence-electron chi connectivity index (χ4n) is 3.60. The maximum Gasteiger partial charge on any atom is 0.310 e. The fourth-order valence-corrected chi connectivity index (χ4v) is 3.60. The molecule has 0 atom stereocenters. The molecule has 1 fully saturated rings. The minimum absolute atomic E-state index is 0.154. The molecule has 1 amide bonds. The van der Waals surface area contributed by atoms with Crippen LogP contribution < -0.4 is 0 Å². The Morgan fingerprint density at radius 1 is 1.10 bits per heavy atom. The molecule has 0 bridgehead atoms. The second-order valence-corrected chi connectivity index (χ2v) is 7.50. The van der Waals surface area contributed by atoms with Crippen LogP contribution in [0, 0.1) is 6.92 Å². The number of benzene rings is 2. The van der Waals surface area contributed by atoms with Gasteiger partial charge in [0.2, 0.25) is 0 Å². The highest BCUT2D eigenvalue weighted by atomic mass is 16.5. The number of piperidine rings is 1. The molecule has 6 nitrogen and oxygen atoms in total. The van der Waals surface area contributed by atoms with Crippen molar-refractivity contribution >= 4 is 23.0 Å². The molecule has 2 aromatic carbocycles. The predicted octanol–water partition coefficient (Wildman–Crippen LogP) is 3.63. The number of hydrogen-bond acceptors (Lipinski definition) is 5. The van der Waals surface area contributed by atoms with Crippen LogP contribution in [0.15, 0.2) is 52.9 Å². The Bertz CT molecular complexity index is 968. The third-order valence-electron chi connectivity index (χ3n) is 5.33. The van der Waals surface area contributed by atoms with Crippen LogP contribution in [-0.2, 0) is 20.7 Å². The molecule has 1 aliphatic heterocycles. The number of nitrogens with zero attached hydrogens (tertiary/aromatic N) is 2. The first kappa shape index (κ1) is 19.2. The number of para-hydroxylation sites is 2. The summed E-state index contributed by atoms with van der Waals surface area (Å²) in [4.78, 5) is 30.7. The molecule has 3 aromatic rings. The average molecular weight is 392 g/mol. The largest absolute Gasteiger partial charge is 0.455 e. The Labute approximate surface area is 169 Å². The summed E-state index contributed by atoms with van der Waals surface area (Å²) in [6.45, 7) is 3.00. The Morgan fingerprint density at radius 2 is 1.83 bits per heavy atom. The second kappa shape index (κ2) is 8.47. The average Bonchev–Trinajstić information content (AvgIpc) is 3.18. The van der Waals surface area contributed by atoms with Crippen molar-refractivity contribution in [3.05, 3.63) is 65.5 Å². The van der Waals surface area contributed by atoms with E-state index in [4.69, 9.17) is 9.15 Å². The van der Waals surface area contributed by atoms with Crippen molar-refractivity contribution in [2.45, 2.75) is 32.1 Å². The number of esters is 1. The monoisotopic (exact) mass is 392 g/mol. The molecule has 1 saturated heterocycles. The third-order valence-corrected chi connectivity index (χ3v) is 5.33. The SMILES string of the molecule is Cc1ccc(CC(=O)OCC(=O)N2CCC(c3nc4ccccc4o3)CC2)cc1. The van der Waals surface area contributed by atoms with Crippen molar-refractivity contribution in [2.24, 2.45) is 0 Å². The lowest BCUT2D eigenvalue weighted by atomic mass is 9.97. The Morgan fingerprint density at radius 3 is 2.55 bits per heavy atom.